The van der Waals surface area contributed by atoms with Gasteiger partial charge in [0.05, 0.1) is 0 Å². The van der Waals surface area contributed by atoms with Crippen LogP contribution in [0.4, 0.5) is 5.69 Å². The monoisotopic (exact) mass is 272 g/mol. The molecule has 0 bridgehead atoms. The molecule has 3 N–H and O–H groups in total. The van der Waals surface area contributed by atoms with Gasteiger partial charge in [0.15, 0.2) is 0 Å². The number of nitrogens with one attached hydrogen (secondary N) is 1. The Bertz CT molecular complexity index is 496. The van der Waals surface area contributed by atoms with Crippen LogP contribution >= 0.6 is 0 Å². The van der Waals surface area contributed by atoms with Crippen molar-refractivity contribution in [2.75, 3.05) is 5.73 Å². The van der Waals surface area contributed by atoms with Gasteiger partial charge in [0, 0.05) is 17.8 Å². The van der Waals surface area contributed by atoms with E-state index in [4.69, 9.17) is 5.73 Å². The molecule has 0 aliphatic heterocycles. The van der Waals surface area contributed by atoms with Crippen molar-refractivity contribution >= 4 is 17.7 Å². The third kappa shape index (κ3) is 3.62. The van der Waals surface area contributed by atoms with Gasteiger partial charge in [0.1, 0.15) is 0 Å². The normalized spacial score (nSPS) is 26.0. The van der Waals surface area contributed by atoms with Crippen LogP contribution in [-0.4, -0.2) is 11.9 Å². The molecule has 1 saturated carbocycles. The van der Waals surface area contributed by atoms with E-state index in [0.29, 0.717) is 17.6 Å². The number of hydrogen-bond donors (Lipinski definition) is 2. The highest BCUT2D eigenvalue weighted by Gasteiger charge is 2.31. The third-order valence-electron chi connectivity index (χ3n) is 4.42. The summed E-state index contributed by atoms with van der Waals surface area (Å²) in [4.78, 5) is 12.0. The van der Waals surface area contributed by atoms with Gasteiger partial charge < -0.3 is 11.1 Å². The lowest BCUT2D eigenvalue weighted by molar-refractivity contribution is -0.117. The first-order chi connectivity index (χ1) is 9.60. The lowest BCUT2D eigenvalue weighted by atomic mass is 9.93. The smallest absolute Gasteiger partial charge is 0.244 e. The number of hydrogen-bond acceptors (Lipinski definition) is 2. The molecule has 0 spiro atoms. The molecule has 3 atom stereocenters. The number of benzene rings is 1. The Morgan fingerprint density at radius 3 is 2.90 bits per heavy atom. The van der Waals surface area contributed by atoms with E-state index in [-0.39, 0.29) is 5.91 Å². The predicted octanol–water partition coefficient (Wildman–Crippen LogP) is 3.22. The van der Waals surface area contributed by atoms with Gasteiger partial charge in [-0.3, -0.25) is 4.79 Å². The predicted molar refractivity (Wildman–Crippen MR) is 84.0 cm³/mol. The van der Waals surface area contributed by atoms with Crippen LogP contribution in [0, 0.1) is 11.8 Å². The number of nitrogen functional groups attached to an aromatic ring is 1. The lowest BCUT2D eigenvalue weighted by Gasteiger charge is -2.20. The summed E-state index contributed by atoms with van der Waals surface area (Å²) in [5.74, 6) is 1.31. The molecule has 1 amide bonds. The van der Waals surface area contributed by atoms with Gasteiger partial charge in [-0.05, 0) is 48.4 Å². The molecule has 1 fully saturated rings. The number of anilines is 1. The Morgan fingerprint density at radius 2 is 2.25 bits per heavy atom. The minimum atomic E-state index is -0.0129. The number of rotatable bonds is 4. The van der Waals surface area contributed by atoms with E-state index in [9.17, 15) is 4.79 Å². The summed E-state index contributed by atoms with van der Waals surface area (Å²) in [5, 5.41) is 3.12. The topological polar surface area (TPSA) is 55.1 Å². The van der Waals surface area contributed by atoms with E-state index in [1.807, 2.05) is 30.3 Å². The second kappa shape index (κ2) is 6.60. The number of carbonyl (C=O) groups is 1. The van der Waals surface area contributed by atoms with Gasteiger partial charge >= 0.3 is 0 Å². The SMILES string of the molecule is CCC1CCC(NC(=O)/C=C/c2cccc(N)c2)C1C. The summed E-state index contributed by atoms with van der Waals surface area (Å²) < 4.78 is 0. The molecular formula is C17H24N2O. The second-order valence-corrected chi connectivity index (χ2v) is 5.72. The van der Waals surface area contributed by atoms with Gasteiger partial charge in [-0.2, -0.15) is 0 Å². The van der Waals surface area contributed by atoms with Crippen LogP contribution in [0.3, 0.4) is 0 Å². The van der Waals surface area contributed by atoms with Crippen molar-refractivity contribution in [3.63, 3.8) is 0 Å². The highest BCUT2D eigenvalue weighted by Crippen LogP contribution is 2.33. The van der Waals surface area contributed by atoms with Gasteiger partial charge in [-0.25, -0.2) is 0 Å². The van der Waals surface area contributed by atoms with Crippen molar-refractivity contribution < 1.29 is 4.79 Å². The van der Waals surface area contributed by atoms with Crippen LogP contribution in [0.2, 0.25) is 0 Å². The summed E-state index contributed by atoms with van der Waals surface area (Å²) in [6.07, 6.45) is 6.93. The van der Waals surface area contributed by atoms with E-state index in [1.54, 1.807) is 6.08 Å². The van der Waals surface area contributed by atoms with Crippen LogP contribution in [0.1, 0.15) is 38.7 Å². The fourth-order valence-corrected chi connectivity index (χ4v) is 3.09. The van der Waals surface area contributed by atoms with Crippen LogP contribution in [0.15, 0.2) is 30.3 Å². The molecule has 1 aromatic rings. The number of nitrogens with two attached hydrogens (primary N) is 1. The molecule has 0 saturated heterocycles. The zero-order valence-electron chi connectivity index (χ0n) is 12.3. The molecule has 108 valence electrons. The summed E-state index contributed by atoms with van der Waals surface area (Å²) >= 11 is 0. The zero-order valence-corrected chi connectivity index (χ0v) is 12.3. The standard InChI is InChI=1S/C17H24N2O/c1-3-14-8-9-16(12(14)2)19-17(20)10-7-13-5-4-6-15(18)11-13/h4-7,10-12,14,16H,3,8-9,18H2,1-2H3,(H,19,20)/b10-7+. The van der Waals surface area contributed by atoms with Crippen LogP contribution in [0.5, 0.6) is 0 Å². The van der Waals surface area contributed by atoms with Gasteiger partial charge in [0.2, 0.25) is 5.91 Å². The number of carbonyl (C=O) groups excluding carboxylic acids is 1. The first-order valence-electron chi connectivity index (χ1n) is 7.44. The highest BCUT2D eigenvalue weighted by molar-refractivity contribution is 5.92. The van der Waals surface area contributed by atoms with Crippen molar-refractivity contribution in [2.45, 2.75) is 39.2 Å². The maximum atomic E-state index is 12.0. The average Bonchev–Trinajstić information content (AvgIpc) is 2.77. The molecule has 3 heteroatoms. The minimum absolute atomic E-state index is 0.0129. The first-order valence-corrected chi connectivity index (χ1v) is 7.44. The lowest BCUT2D eigenvalue weighted by Crippen LogP contribution is -2.36. The Morgan fingerprint density at radius 1 is 1.45 bits per heavy atom. The van der Waals surface area contributed by atoms with E-state index < -0.39 is 0 Å². The Hall–Kier alpha value is -1.77. The van der Waals surface area contributed by atoms with Crippen molar-refractivity contribution in [1.82, 2.24) is 5.32 Å². The molecule has 1 aliphatic rings. The summed E-state index contributed by atoms with van der Waals surface area (Å²) in [5.41, 5.74) is 7.37. The Labute approximate surface area is 121 Å². The first kappa shape index (κ1) is 14.6. The molecule has 3 unspecified atom stereocenters. The molecule has 20 heavy (non-hydrogen) atoms. The molecule has 3 nitrogen and oxygen atoms in total. The molecular weight excluding hydrogens is 248 g/mol. The molecule has 0 aromatic heterocycles. The van der Waals surface area contributed by atoms with Crippen LogP contribution < -0.4 is 11.1 Å². The summed E-state index contributed by atoms with van der Waals surface area (Å²) in [7, 11) is 0. The van der Waals surface area contributed by atoms with Gasteiger partial charge in [0.25, 0.3) is 0 Å². The van der Waals surface area contributed by atoms with E-state index in [0.717, 1.165) is 17.9 Å². The van der Waals surface area contributed by atoms with Crippen molar-refractivity contribution in [2.24, 2.45) is 11.8 Å². The van der Waals surface area contributed by atoms with Gasteiger partial charge in [-0.1, -0.05) is 32.4 Å². The quantitative estimate of drug-likeness (QED) is 0.653. The minimum Gasteiger partial charge on any atom is -0.399 e. The fourth-order valence-electron chi connectivity index (χ4n) is 3.09. The fraction of sp³-hybridized carbons (Fsp3) is 0.471. The zero-order chi connectivity index (χ0) is 14.5. The Kier molecular flexibility index (Phi) is 4.83. The molecule has 0 radical (unpaired) electrons. The van der Waals surface area contributed by atoms with E-state index in [2.05, 4.69) is 19.2 Å². The molecule has 1 aliphatic carbocycles. The van der Waals surface area contributed by atoms with E-state index >= 15 is 0 Å². The maximum absolute atomic E-state index is 12.0. The molecule has 1 aromatic carbocycles. The Balaban J connectivity index is 1.90. The maximum Gasteiger partial charge on any atom is 0.244 e. The summed E-state index contributed by atoms with van der Waals surface area (Å²) in [6, 6.07) is 7.83. The van der Waals surface area contributed by atoms with Crippen LogP contribution in [0.25, 0.3) is 6.08 Å². The average molecular weight is 272 g/mol. The summed E-state index contributed by atoms with van der Waals surface area (Å²) in [6.45, 7) is 4.47. The third-order valence-corrected chi connectivity index (χ3v) is 4.42. The van der Waals surface area contributed by atoms with Gasteiger partial charge in [-0.15, -0.1) is 0 Å². The van der Waals surface area contributed by atoms with Crippen molar-refractivity contribution in [1.29, 1.82) is 0 Å². The van der Waals surface area contributed by atoms with E-state index in [1.165, 1.54) is 12.8 Å². The largest absolute Gasteiger partial charge is 0.399 e. The van der Waals surface area contributed by atoms with Crippen molar-refractivity contribution in [3.05, 3.63) is 35.9 Å². The molecule has 2 rings (SSSR count). The molecule has 0 heterocycles. The van der Waals surface area contributed by atoms with Crippen LogP contribution in [-0.2, 0) is 4.79 Å². The highest BCUT2D eigenvalue weighted by atomic mass is 16.1. The second-order valence-electron chi connectivity index (χ2n) is 5.72. The van der Waals surface area contributed by atoms with Crippen molar-refractivity contribution in [3.8, 4) is 0 Å². The number of amides is 1.